The van der Waals surface area contributed by atoms with E-state index in [1.165, 1.54) is 0 Å². The first kappa shape index (κ1) is 17.5. The van der Waals surface area contributed by atoms with Crippen molar-refractivity contribution in [1.82, 2.24) is 20.0 Å². The van der Waals surface area contributed by atoms with Crippen molar-refractivity contribution in [2.24, 2.45) is 0 Å². The van der Waals surface area contributed by atoms with Crippen LogP contribution in [0.15, 0.2) is 28.9 Å². The highest BCUT2D eigenvalue weighted by Gasteiger charge is 2.26. The minimum atomic E-state index is -0.0615. The lowest BCUT2D eigenvalue weighted by atomic mass is 10.1. The zero-order chi connectivity index (χ0) is 17.5. The number of piperidine rings is 1. The Balaban J connectivity index is 1.50. The summed E-state index contributed by atoms with van der Waals surface area (Å²) in [6.07, 6.45) is 3.98. The van der Waals surface area contributed by atoms with Crippen LogP contribution in [-0.2, 0) is 22.5 Å². The van der Waals surface area contributed by atoms with Crippen molar-refractivity contribution in [3.05, 3.63) is 41.8 Å². The smallest absolute Gasteiger partial charge is 0.272 e. The van der Waals surface area contributed by atoms with Crippen LogP contribution in [0.2, 0.25) is 0 Å². The maximum atomic E-state index is 12.5. The van der Waals surface area contributed by atoms with Gasteiger partial charge in [-0.25, -0.2) is 0 Å². The second-order valence-corrected chi connectivity index (χ2v) is 5.89. The molecule has 1 atom stereocenters. The number of nitrogens with zero attached hydrogens (tertiary/aromatic N) is 4. The summed E-state index contributed by atoms with van der Waals surface area (Å²) in [6.45, 7) is 2.06. The quantitative estimate of drug-likeness (QED) is 0.750. The zero-order valence-corrected chi connectivity index (χ0v) is 14.3. The van der Waals surface area contributed by atoms with E-state index in [0.29, 0.717) is 37.0 Å². The third kappa shape index (κ3) is 4.83. The number of hydrogen-bond acceptors (Lipinski definition) is 7. The normalized spacial score (nSPS) is 17.6. The lowest BCUT2D eigenvalue weighted by molar-refractivity contribution is -0.0155. The molecule has 8 nitrogen and oxygen atoms in total. The number of likely N-dealkylation sites (tertiary alicyclic amines) is 1. The lowest BCUT2D eigenvalue weighted by Gasteiger charge is -2.32. The highest BCUT2D eigenvalue weighted by atomic mass is 16.5. The highest BCUT2D eigenvalue weighted by molar-refractivity contribution is 5.92. The number of aromatic nitrogens is 3. The second kappa shape index (κ2) is 8.68. The maximum absolute atomic E-state index is 12.5. The van der Waals surface area contributed by atoms with Gasteiger partial charge in [-0.05, 0) is 25.0 Å². The minimum Gasteiger partial charge on any atom is -0.384 e. The number of methoxy groups -OCH3 is 1. The number of rotatable bonds is 7. The minimum absolute atomic E-state index is 0.0456. The van der Waals surface area contributed by atoms with Crippen LogP contribution in [0, 0.1) is 0 Å². The topological polar surface area (TPSA) is 90.6 Å². The molecule has 0 radical (unpaired) electrons. The van der Waals surface area contributed by atoms with E-state index < -0.39 is 0 Å². The van der Waals surface area contributed by atoms with Gasteiger partial charge >= 0.3 is 0 Å². The van der Waals surface area contributed by atoms with Gasteiger partial charge in [0.1, 0.15) is 12.3 Å². The molecule has 1 aliphatic rings. The molecule has 2 aromatic rings. The summed E-state index contributed by atoms with van der Waals surface area (Å²) in [6, 6.07) is 5.34. The molecule has 1 amide bonds. The number of carbonyl (C=O) groups is 1. The first-order valence-corrected chi connectivity index (χ1v) is 8.38. The van der Waals surface area contributed by atoms with Crippen LogP contribution < -0.4 is 0 Å². The molecular weight excluding hydrogens is 324 g/mol. The molecule has 0 bridgehead atoms. The van der Waals surface area contributed by atoms with E-state index in [0.717, 1.165) is 19.4 Å². The van der Waals surface area contributed by atoms with E-state index in [-0.39, 0.29) is 18.6 Å². The summed E-state index contributed by atoms with van der Waals surface area (Å²) in [7, 11) is 1.63. The molecule has 3 rings (SSSR count). The maximum Gasteiger partial charge on any atom is 0.272 e. The summed E-state index contributed by atoms with van der Waals surface area (Å²) in [4.78, 5) is 22.6. The van der Waals surface area contributed by atoms with E-state index in [1.807, 2.05) is 6.07 Å². The Morgan fingerprint density at radius 2 is 2.36 bits per heavy atom. The molecule has 0 N–H and O–H groups in total. The predicted octanol–water partition coefficient (Wildman–Crippen LogP) is 1.47. The third-order valence-electron chi connectivity index (χ3n) is 4.03. The first-order valence-electron chi connectivity index (χ1n) is 8.38. The number of hydrogen-bond donors (Lipinski definition) is 0. The van der Waals surface area contributed by atoms with Gasteiger partial charge in [0, 0.05) is 32.8 Å². The molecule has 1 saturated heterocycles. The fourth-order valence-electron chi connectivity index (χ4n) is 2.74. The van der Waals surface area contributed by atoms with Crippen molar-refractivity contribution in [3.63, 3.8) is 0 Å². The number of pyridine rings is 1. The van der Waals surface area contributed by atoms with Gasteiger partial charge in [0.2, 0.25) is 0 Å². The van der Waals surface area contributed by atoms with Crippen LogP contribution in [0.25, 0.3) is 0 Å². The fraction of sp³-hybridized carbons (Fsp3) is 0.529. The van der Waals surface area contributed by atoms with Gasteiger partial charge in [-0.3, -0.25) is 9.78 Å². The lowest BCUT2D eigenvalue weighted by Crippen LogP contribution is -2.43. The summed E-state index contributed by atoms with van der Waals surface area (Å²) >= 11 is 0. The Kier molecular flexibility index (Phi) is 6.08. The summed E-state index contributed by atoms with van der Waals surface area (Å²) < 4.78 is 16.0. The Morgan fingerprint density at radius 1 is 1.44 bits per heavy atom. The molecular formula is C17H22N4O4. The van der Waals surface area contributed by atoms with Crippen molar-refractivity contribution in [3.8, 4) is 0 Å². The molecule has 1 unspecified atom stereocenters. The van der Waals surface area contributed by atoms with E-state index in [9.17, 15) is 4.79 Å². The Hall–Kier alpha value is -2.32. The molecule has 0 spiro atoms. The molecule has 1 aliphatic heterocycles. The standard InChI is InChI=1S/C17H22N4O4/c1-23-10-7-15-19-16(25-20-15)12-24-13-5-4-9-21(11-13)17(22)14-6-2-3-8-18-14/h2-3,6,8,13H,4-5,7,9-12H2,1H3. The van der Waals surface area contributed by atoms with Crippen LogP contribution in [0.4, 0.5) is 0 Å². The molecule has 0 aliphatic carbocycles. The SMILES string of the molecule is COCCc1noc(COC2CCCN(C(=O)c3ccccn3)C2)n1. The molecule has 0 aromatic carbocycles. The van der Waals surface area contributed by atoms with Crippen molar-refractivity contribution >= 4 is 5.91 Å². The van der Waals surface area contributed by atoms with E-state index >= 15 is 0 Å². The fourth-order valence-corrected chi connectivity index (χ4v) is 2.74. The number of amides is 1. The van der Waals surface area contributed by atoms with Crippen molar-refractivity contribution in [2.75, 3.05) is 26.8 Å². The second-order valence-electron chi connectivity index (χ2n) is 5.89. The van der Waals surface area contributed by atoms with Gasteiger partial charge in [0.05, 0.1) is 12.7 Å². The molecule has 8 heteroatoms. The van der Waals surface area contributed by atoms with Crippen LogP contribution in [-0.4, -0.2) is 58.8 Å². The van der Waals surface area contributed by atoms with Gasteiger partial charge in [-0.1, -0.05) is 11.2 Å². The highest BCUT2D eigenvalue weighted by Crippen LogP contribution is 2.16. The Labute approximate surface area is 146 Å². The zero-order valence-electron chi connectivity index (χ0n) is 14.3. The Morgan fingerprint density at radius 3 is 3.16 bits per heavy atom. The third-order valence-corrected chi connectivity index (χ3v) is 4.03. The first-order chi connectivity index (χ1) is 12.3. The summed E-state index contributed by atoms with van der Waals surface area (Å²) in [5.74, 6) is 0.990. The number of ether oxygens (including phenoxy) is 2. The number of carbonyl (C=O) groups excluding carboxylic acids is 1. The molecule has 3 heterocycles. The van der Waals surface area contributed by atoms with Gasteiger partial charge in [-0.15, -0.1) is 0 Å². The molecule has 2 aromatic heterocycles. The van der Waals surface area contributed by atoms with Crippen molar-refractivity contribution < 1.29 is 18.8 Å². The van der Waals surface area contributed by atoms with Gasteiger partial charge < -0.3 is 18.9 Å². The molecule has 134 valence electrons. The predicted molar refractivity (Wildman–Crippen MR) is 87.8 cm³/mol. The average molecular weight is 346 g/mol. The molecule has 1 fully saturated rings. The van der Waals surface area contributed by atoms with Crippen LogP contribution >= 0.6 is 0 Å². The van der Waals surface area contributed by atoms with Crippen LogP contribution in [0.1, 0.15) is 35.0 Å². The average Bonchev–Trinajstić information content (AvgIpc) is 3.13. The monoisotopic (exact) mass is 346 g/mol. The van der Waals surface area contributed by atoms with E-state index in [1.54, 1.807) is 30.3 Å². The molecule has 0 saturated carbocycles. The Bertz CT molecular complexity index is 676. The van der Waals surface area contributed by atoms with E-state index in [4.69, 9.17) is 14.0 Å². The molecule has 25 heavy (non-hydrogen) atoms. The van der Waals surface area contributed by atoms with Gasteiger partial charge in [0.15, 0.2) is 5.82 Å². The van der Waals surface area contributed by atoms with Crippen molar-refractivity contribution in [2.45, 2.75) is 32.0 Å². The van der Waals surface area contributed by atoms with E-state index in [2.05, 4.69) is 15.1 Å². The largest absolute Gasteiger partial charge is 0.384 e. The summed E-state index contributed by atoms with van der Waals surface area (Å²) in [5.41, 5.74) is 0.461. The summed E-state index contributed by atoms with van der Waals surface area (Å²) in [5, 5.41) is 3.88. The van der Waals surface area contributed by atoms with Gasteiger partial charge in [-0.2, -0.15) is 4.98 Å². The van der Waals surface area contributed by atoms with Crippen LogP contribution in [0.3, 0.4) is 0 Å². The van der Waals surface area contributed by atoms with Crippen LogP contribution in [0.5, 0.6) is 0 Å². The van der Waals surface area contributed by atoms with Crippen molar-refractivity contribution in [1.29, 1.82) is 0 Å². The van der Waals surface area contributed by atoms with Gasteiger partial charge in [0.25, 0.3) is 11.8 Å².